The Bertz CT molecular complexity index is 992. The minimum Gasteiger partial charge on any atom is -0.273 e. The number of azo groups is 4. The van der Waals surface area contributed by atoms with Crippen LogP contribution in [0.5, 0.6) is 0 Å². The molecule has 8 amide bonds. The van der Waals surface area contributed by atoms with Gasteiger partial charge in [0.25, 0.3) is 0 Å². The van der Waals surface area contributed by atoms with E-state index in [0.717, 1.165) is 0 Å². The van der Waals surface area contributed by atoms with E-state index in [9.17, 15) is 24.4 Å². The van der Waals surface area contributed by atoms with E-state index in [1.165, 1.54) is 0 Å². The maximum absolute atomic E-state index is 11.3. The molecule has 12 N–H and O–H groups in total. The number of nitriles is 1. The summed E-state index contributed by atoms with van der Waals surface area (Å²) in [4.78, 5) is 48.9. The van der Waals surface area contributed by atoms with Crippen molar-refractivity contribution in [3.63, 3.8) is 0 Å². The smallest absolute Gasteiger partial charge is 0.273 e. The van der Waals surface area contributed by atoms with Gasteiger partial charge in [0.15, 0.2) is 11.4 Å². The van der Waals surface area contributed by atoms with Crippen molar-refractivity contribution in [3.8, 4) is 6.07 Å². The standard InChI is InChI=1S/C10H12N18O4/c11-1-2-3(21-25-7(29)17-12)5(23-27-9(31)19-14)16-6(24-28-10(32)20-15)4(2)22-26-8(30)18-13/h12-15H2,(H,17,29)(H,18,30)(H,19,31)(H,20,32). The lowest BCUT2D eigenvalue weighted by atomic mass is 10.2. The minimum absolute atomic E-state index is 0.603. The van der Waals surface area contributed by atoms with Crippen molar-refractivity contribution in [3.05, 3.63) is 5.56 Å². The van der Waals surface area contributed by atoms with Gasteiger partial charge < -0.3 is 0 Å². The molecule has 1 rings (SSSR count). The van der Waals surface area contributed by atoms with Crippen LogP contribution in [0.4, 0.5) is 42.2 Å². The molecular weight excluding hydrogens is 436 g/mol. The number of nitrogens with zero attached hydrogens (tertiary/aromatic N) is 10. The minimum atomic E-state index is -1.16. The lowest BCUT2D eigenvalue weighted by molar-refractivity contribution is 0.247. The fourth-order valence-corrected chi connectivity index (χ4v) is 1.47. The van der Waals surface area contributed by atoms with Crippen molar-refractivity contribution in [1.82, 2.24) is 26.7 Å². The molecule has 1 aromatic heterocycles. The van der Waals surface area contributed by atoms with E-state index in [-0.39, 0.29) is 0 Å². The molecule has 22 nitrogen and oxygen atoms in total. The van der Waals surface area contributed by atoms with Gasteiger partial charge in [-0.25, -0.2) is 47.5 Å². The second kappa shape index (κ2) is 12.3. The third kappa shape index (κ3) is 6.98. The first kappa shape index (κ1) is 24.8. The molecule has 0 saturated carbocycles. The lowest BCUT2D eigenvalue weighted by Crippen LogP contribution is -2.26. The van der Waals surface area contributed by atoms with Gasteiger partial charge >= 0.3 is 24.1 Å². The molecule has 0 aliphatic rings. The van der Waals surface area contributed by atoms with E-state index >= 15 is 0 Å². The number of carbonyl (C=O) groups is 4. The van der Waals surface area contributed by atoms with Crippen LogP contribution < -0.4 is 45.1 Å². The molecular formula is C10H12N18O4. The summed E-state index contributed by atoms with van der Waals surface area (Å²) < 4.78 is 0. The maximum atomic E-state index is 11.3. The molecule has 22 heteroatoms. The molecule has 32 heavy (non-hydrogen) atoms. The average molecular weight is 448 g/mol. The molecule has 0 unspecified atom stereocenters. The van der Waals surface area contributed by atoms with Gasteiger partial charge in [0, 0.05) is 0 Å². The molecule has 1 heterocycles. The Morgan fingerprint density at radius 2 is 0.969 bits per heavy atom. The van der Waals surface area contributed by atoms with Crippen molar-refractivity contribution in [1.29, 1.82) is 5.26 Å². The SMILES string of the molecule is N#Cc1c(N=NC(=O)NN)c(N=NC(=O)NN)nc(N=NC(=O)NN)c1N=NC(=O)NN. The molecule has 1 aromatic rings. The summed E-state index contributed by atoms with van der Waals surface area (Å²) in [5.74, 6) is 18.2. The first-order chi connectivity index (χ1) is 15.3. The molecule has 0 fully saturated rings. The molecule has 0 spiro atoms. The summed E-state index contributed by atoms with van der Waals surface area (Å²) in [6.45, 7) is 0. The first-order valence-corrected chi connectivity index (χ1v) is 7.48. The second-order valence-corrected chi connectivity index (χ2v) is 4.54. The van der Waals surface area contributed by atoms with Crippen LogP contribution in [0.25, 0.3) is 0 Å². The predicted octanol–water partition coefficient (Wildman–Crippen LogP) is -0.379. The van der Waals surface area contributed by atoms with Crippen molar-refractivity contribution < 1.29 is 19.2 Å². The number of aromatic nitrogens is 1. The molecule has 0 radical (unpaired) electrons. The third-order valence-corrected chi connectivity index (χ3v) is 2.67. The number of hydrazine groups is 4. The summed E-state index contributed by atoms with van der Waals surface area (Å²) >= 11 is 0. The molecule has 0 atom stereocenters. The Balaban J connectivity index is 3.92. The Labute approximate surface area is 175 Å². The molecule has 166 valence electrons. The molecule has 0 aliphatic heterocycles. The number of amides is 8. The average Bonchev–Trinajstić information content (AvgIpc) is 2.82. The number of nitrogens with two attached hydrogens (primary N) is 4. The number of urea groups is 4. The molecule has 0 saturated heterocycles. The lowest BCUT2D eigenvalue weighted by Gasteiger charge is -2.06. The van der Waals surface area contributed by atoms with Crippen LogP contribution in [0, 0.1) is 11.3 Å². The van der Waals surface area contributed by atoms with Gasteiger partial charge in [0.05, 0.1) is 0 Å². The van der Waals surface area contributed by atoms with Gasteiger partial charge in [-0.2, -0.15) is 5.26 Å². The summed E-state index contributed by atoms with van der Waals surface area (Å²) in [5, 5.41) is 35.7. The highest BCUT2D eigenvalue weighted by atomic mass is 16.2. The fourth-order valence-electron chi connectivity index (χ4n) is 1.47. The van der Waals surface area contributed by atoms with Crippen LogP contribution in [0.2, 0.25) is 0 Å². The zero-order valence-corrected chi connectivity index (χ0v) is 15.4. The number of hydrogen-bond donors (Lipinski definition) is 8. The normalized spacial score (nSPS) is 11.1. The Hall–Kier alpha value is -5.24. The van der Waals surface area contributed by atoms with Crippen LogP contribution in [0.1, 0.15) is 5.56 Å². The zero-order valence-electron chi connectivity index (χ0n) is 15.4. The van der Waals surface area contributed by atoms with Crippen molar-refractivity contribution >= 4 is 47.1 Å². The van der Waals surface area contributed by atoms with Crippen molar-refractivity contribution in [2.24, 2.45) is 64.3 Å². The summed E-state index contributed by atoms with van der Waals surface area (Å²) in [5.41, 5.74) is 4.71. The summed E-state index contributed by atoms with van der Waals surface area (Å²) in [6.07, 6.45) is 0. The topological polar surface area (TPSA) is 356 Å². The number of carbonyl (C=O) groups excluding carboxylic acids is 4. The van der Waals surface area contributed by atoms with Gasteiger partial charge in [0.1, 0.15) is 11.6 Å². The van der Waals surface area contributed by atoms with E-state index < -0.39 is 52.7 Å². The highest BCUT2D eigenvalue weighted by Gasteiger charge is 2.22. The van der Waals surface area contributed by atoms with Gasteiger partial charge in [-0.15, -0.1) is 20.5 Å². The van der Waals surface area contributed by atoms with E-state index in [1.54, 1.807) is 27.8 Å². The number of pyridine rings is 1. The van der Waals surface area contributed by atoms with Crippen LogP contribution in [-0.2, 0) is 0 Å². The van der Waals surface area contributed by atoms with Crippen LogP contribution in [-0.4, -0.2) is 29.1 Å². The van der Waals surface area contributed by atoms with E-state index in [0.29, 0.717) is 0 Å². The van der Waals surface area contributed by atoms with Gasteiger partial charge in [-0.3, -0.25) is 21.7 Å². The van der Waals surface area contributed by atoms with E-state index in [2.05, 4.69) is 45.9 Å². The van der Waals surface area contributed by atoms with Crippen LogP contribution >= 0.6 is 0 Å². The second-order valence-electron chi connectivity index (χ2n) is 4.54. The predicted molar refractivity (Wildman–Crippen MR) is 97.9 cm³/mol. The third-order valence-electron chi connectivity index (χ3n) is 2.67. The van der Waals surface area contributed by atoms with Gasteiger partial charge in [0.2, 0.25) is 11.6 Å². The molecule has 0 bridgehead atoms. The zero-order chi connectivity index (χ0) is 24.1. The summed E-state index contributed by atoms with van der Waals surface area (Å²) in [7, 11) is 0. The highest BCUT2D eigenvalue weighted by molar-refractivity contribution is 5.83. The Kier molecular flexibility index (Phi) is 9.57. The highest BCUT2D eigenvalue weighted by Crippen LogP contribution is 2.42. The molecule has 0 aromatic carbocycles. The Morgan fingerprint density at radius 3 is 1.25 bits per heavy atom. The van der Waals surface area contributed by atoms with Crippen LogP contribution in [0.3, 0.4) is 0 Å². The van der Waals surface area contributed by atoms with Crippen LogP contribution in [0.15, 0.2) is 40.9 Å². The van der Waals surface area contributed by atoms with Gasteiger partial charge in [-0.1, -0.05) is 20.5 Å². The number of rotatable bonds is 4. The number of hydrogen-bond acceptors (Lipinski definition) is 14. The van der Waals surface area contributed by atoms with E-state index in [1.807, 2.05) is 0 Å². The largest absolute Gasteiger partial charge is 0.373 e. The quantitative estimate of drug-likeness (QED) is 0.128. The van der Waals surface area contributed by atoms with Crippen molar-refractivity contribution in [2.75, 3.05) is 0 Å². The van der Waals surface area contributed by atoms with Gasteiger partial charge in [-0.05, 0) is 0 Å². The van der Waals surface area contributed by atoms with Crippen molar-refractivity contribution in [2.45, 2.75) is 0 Å². The number of nitrogens with one attached hydrogen (secondary N) is 4. The monoisotopic (exact) mass is 448 g/mol. The first-order valence-electron chi connectivity index (χ1n) is 7.48. The Morgan fingerprint density at radius 1 is 0.656 bits per heavy atom. The van der Waals surface area contributed by atoms with E-state index in [4.69, 9.17) is 23.4 Å². The fraction of sp³-hybridized carbons (Fsp3) is 0. The maximum Gasteiger partial charge on any atom is 0.373 e. The molecule has 0 aliphatic carbocycles. The summed E-state index contributed by atoms with van der Waals surface area (Å²) in [6, 6.07) is -3.02.